The SMILES string of the molecule is C[NH+]1CCN(C(=O)C2CCN(C3C(F)CNCC3NC(=O)C3C(N)NN4CC(F)CNC34)CC2)CC1. The molecular formula is C23H42F2N9O2+. The average Bonchev–Trinajstić information content (AvgIpc) is 3.19. The molecule has 0 aliphatic carbocycles. The van der Waals surface area contributed by atoms with Crippen molar-refractivity contribution in [3.63, 3.8) is 0 Å². The second-order valence-electron chi connectivity index (χ2n) is 11.2. The Bertz CT molecular complexity index is 794. The predicted octanol–water partition coefficient (Wildman–Crippen LogP) is -4.16. The molecule has 5 saturated heterocycles. The Hall–Kier alpha value is -1.48. The van der Waals surface area contributed by atoms with Crippen molar-refractivity contribution in [2.45, 2.75) is 49.6 Å². The van der Waals surface area contributed by atoms with E-state index in [4.69, 9.17) is 5.73 Å². The summed E-state index contributed by atoms with van der Waals surface area (Å²) >= 11 is 0. The molecular weight excluding hydrogens is 472 g/mol. The van der Waals surface area contributed by atoms with Crippen LogP contribution in [0.3, 0.4) is 0 Å². The van der Waals surface area contributed by atoms with Gasteiger partial charge in [-0.15, -0.1) is 0 Å². The van der Waals surface area contributed by atoms with Gasteiger partial charge in [0, 0.05) is 32.1 Å². The molecule has 5 aliphatic rings. The molecule has 11 nitrogen and oxygen atoms in total. The van der Waals surface area contributed by atoms with Gasteiger partial charge in [-0.25, -0.2) is 19.2 Å². The first kappa shape index (κ1) is 26.1. The van der Waals surface area contributed by atoms with Gasteiger partial charge in [0.1, 0.15) is 12.3 Å². The highest BCUT2D eigenvalue weighted by Gasteiger charge is 2.49. The summed E-state index contributed by atoms with van der Waals surface area (Å²) in [5, 5.41) is 10.9. The Morgan fingerprint density at radius 2 is 1.78 bits per heavy atom. The molecule has 0 radical (unpaired) electrons. The number of nitrogens with zero attached hydrogens (tertiary/aromatic N) is 3. The molecule has 2 amide bonds. The Morgan fingerprint density at radius 1 is 1.06 bits per heavy atom. The van der Waals surface area contributed by atoms with Gasteiger partial charge in [-0.1, -0.05) is 0 Å². The van der Waals surface area contributed by atoms with E-state index in [0.29, 0.717) is 32.5 Å². The summed E-state index contributed by atoms with van der Waals surface area (Å²) in [4.78, 5) is 31.9. The number of fused-ring (bicyclic) bond motifs is 1. The fourth-order valence-corrected chi connectivity index (χ4v) is 6.56. The van der Waals surface area contributed by atoms with Gasteiger partial charge in [0.05, 0.1) is 63.6 Å². The molecule has 0 aromatic rings. The number of nitrogens with two attached hydrogens (primary N) is 1. The van der Waals surface area contributed by atoms with E-state index in [1.165, 1.54) is 4.90 Å². The summed E-state index contributed by atoms with van der Waals surface area (Å²) in [6.07, 6.45) is -1.81. The van der Waals surface area contributed by atoms with Crippen LogP contribution in [0.2, 0.25) is 0 Å². The van der Waals surface area contributed by atoms with Crippen LogP contribution in [0.1, 0.15) is 12.8 Å². The number of likely N-dealkylation sites (N-methyl/N-ethyl adjacent to an activating group) is 1. The monoisotopic (exact) mass is 514 g/mol. The molecule has 13 heteroatoms. The molecule has 0 bridgehead atoms. The minimum atomic E-state index is -1.14. The van der Waals surface area contributed by atoms with Crippen LogP contribution in [0.25, 0.3) is 0 Å². The number of amides is 2. The number of alkyl halides is 2. The summed E-state index contributed by atoms with van der Waals surface area (Å²) in [5.41, 5.74) is 9.19. The number of hydrogen-bond donors (Lipinski definition) is 6. The topological polar surface area (TPSA) is 122 Å². The predicted molar refractivity (Wildman–Crippen MR) is 129 cm³/mol. The van der Waals surface area contributed by atoms with E-state index in [9.17, 15) is 14.0 Å². The van der Waals surface area contributed by atoms with Gasteiger partial charge in [-0.2, -0.15) is 0 Å². The van der Waals surface area contributed by atoms with Crippen LogP contribution in [0, 0.1) is 11.8 Å². The molecule has 7 unspecified atom stereocenters. The number of piperazine rings is 1. The Labute approximate surface area is 211 Å². The summed E-state index contributed by atoms with van der Waals surface area (Å²) in [6.45, 7) is 5.86. The van der Waals surface area contributed by atoms with Gasteiger partial charge in [-0.05, 0) is 25.9 Å². The fourth-order valence-electron chi connectivity index (χ4n) is 6.56. The average molecular weight is 515 g/mol. The van der Waals surface area contributed by atoms with Crippen LogP contribution in [0.5, 0.6) is 0 Å². The van der Waals surface area contributed by atoms with E-state index in [2.05, 4.69) is 33.3 Å². The number of halogens is 2. The van der Waals surface area contributed by atoms with Crippen LogP contribution in [0.15, 0.2) is 0 Å². The Morgan fingerprint density at radius 3 is 2.50 bits per heavy atom. The summed E-state index contributed by atoms with van der Waals surface area (Å²) in [7, 11) is 2.15. The maximum Gasteiger partial charge on any atom is 0.229 e. The molecule has 36 heavy (non-hydrogen) atoms. The fraction of sp³-hybridized carbons (Fsp3) is 0.913. The van der Waals surface area contributed by atoms with E-state index in [1.807, 2.05) is 4.90 Å². The number of rotatable bonds is 4. The summed E-state index contributed by atoms with van der Waals surface area (Å²) in [6, 6.07) is -0.886. The van der Waals surface area contributed by atoms with Crippen molar-refractivity contribution in [1.29, 1.82) is 0 Å². The van der Waals surface area contributed by atoms with E-state index in [-0.39, 0.29) is 37.4 Å². The van der Waals surface area contributed by atoms with Crippen molar-refractivity contribution in [3.05, 3.63) is 0 Å². The summed E-state index contributed by atoms with van der Waals surface area (Å²) in [5.74, 6) is -0.665. The first-order chi connectivity index (χ1) is 17.3. The van der Waals surface area contributed by atoms with Gasteiger partial charge >= 0.3 is 0 Å². The quantitative estimate of drug-likeness (QED) is 0.224. The smallest absolute Gasteiger partial charge is 0.229 e. The van der Waals surface area contributed by atoms with Crippen LogP contribution < -0.4 is 32.0 Å². The largest absolute Gasteiger partial charge is 0.350 e. The number of piperidine rings is 2. The van der Waals surface area contributed by atoms with Crippen LogP contribution in [0.4, 0.5) is 8.78 Å². The highest BCUT2D eigenvalue weighted by Crippen LogP contribution is 2.27. The zero-order valence-corrected chi connectivity index (χ0v) is 21.1. The number of hydrogen-bond acceptors (Lipinski definition) is 8. The minimum Gasteiger partial charge on any atom is -0.350 e. The normalized spacial score (nSPS) is 39.7. The molecule has 5 fully saturated rings. The number of carbonyl (C=O) groups excluding carboxylic acids is 2. The van der Waals surface area contributed by atoms with Gasteiger partial charge in [-0.3, -0.25) is 19.8 Å². The van der Waals surface area contributed by atoms with E-state index >= 15 is 4.39 Å². The lowest BCUT2D eigenvalue weighted by atomic mass is 9.89. The first-order valence-corrected chi connectivity index (χ1v) is 13.5. The van der Waals surface area contributed by atoms with Crippen molar-refractivity contribution in [1.82, 2.24) is 36.2 Å². The summed E-state index contributed by atoms with van der Waals surface area (Å²) < 4.78 is 29.0. The minimum absolute atomic E-state index is 0.0160. The third-order valence-corrected chi connectivity index (χ3v) is 8.67. The zero-order valence-electron chi connectivity index (χ0n) is 21.1. The standard InChI is InChI=1S/C23H41F2N9O2/c1-31-6-8-33(9-7-31)23(36)14-2-4-32(5-3-14)19-16(25)11-27-12-17(19)29-22(35)18-20(26)30-34-13-15(24)10-28-21(18)34/h14-21,27-28,30H,2-13,26H2,1H3,(H,29,35)/p+1. The second kappa shape index (κ2) is 11.1. The molecule has 5 rings (SSSR count). The van der Waals surface area contributed by atoms with Crippen molar-refractivity contribution < 1.29 is 23.3 Å². The molecule has 204 valence electrons. The van der Waals surface area contributed by atoms with Crippen molar-refractivity contribution in [2.75, 3.05) is 72.5 Å². The lowest BCUT2D eigenvalue weighted by Crippen LogP contribution is -3.12. The van der Waals surface area contributed by atoms with E-state index in [0.717, 1.165) is 26.2 Å². The number of nitrogens with one attached hydrogen (secondary N) is 5. The number of likely N-dealkylation sites (tertiary alicyclic amines) is 1. The molecule has 5 heterocycles. The molecule has 7 atom stereocenters. The third kappa shape index (κ3) is 5.38. The van der Waals surface area contributed by atoms with Crippen LogP contribution in [-0.2, 0) is 9.59 Å². The van der Waals surface area contributed by atoms with Gasteiger partial charge in [0.2, 0.25) is 11.8 Å². The number of quaternary nitrogens is 1. The lowest BCUT2D eigenvalue weighted by molar-refractivity contribution is -0.883. The first-order valence-electron chi connectivity index (χ1n) is 13.5. The molecule has 7 N–H and O–H groups in total. The Balaban J connectivity index is 1.18. The second-order valence-corrected chi connectivity index (χ2v) is 11.2. The maximum absolute atomic E-state index is 15.2. The van der Waals surface area contributed by atoms with Gasteiger partial charge in [0.25, 0.3) is 0 Å². The molecule has 0 spiro atoms. The lowest BCUT2D eigenvalue weighted by Gasteiger charge is -2.45. The third-order valence-electron chi connectivity index (χ3n) is 8.67. The van der Waals surface area contributed by atoms with Crippen molar-refractivity contribution in [3.8, 4) is 0 Å². The van der Waals surface area contributed by atoms with Crippen LogP contribution in [-0.4, -0.2) is 136 Å². The van der Waals surface area contributed by atoms with Crippen molar-refractivity contribution in [2.24, 2.45) is 17.6 Å². The van der Waals surface area contributed by atoms with Crippen LogP contribution >= 0.6 is 0 Å². The van der Waals surface area contributed by atoms with E-state index < -0.39 is 42.7 Å². The maximum atomic E-state index is 15.2. The van der Waals surface area contributed by atoms with Gasteiger partial charge < -0.3 is 26.2 Å². The molecule has 5 aliphatic heterocycles. The number of hydrazine groups is 1. The highest BCUT2D eigenvalue weighted by atomic mass is 19.1. The van der Waals surface area contributed by atoms with Crippen molar-refractivity contribution >= 4 is 11.8 Å². The highest BCUT2D eigenvalue weighted by molar-refractivity contribution is 5.81. The molecule has 0 aromatic carbocycles. The Kier molecular flexibility index (Phi) is 8.06. The van der Waals surface area contributed by atoms with Gasteiger partial charge in [0.15, 0.2) is 0 Å². The molecule has 0 aromatic heterocycles. The van der Waals surface area contributed by atoms with E-state index in [1.54, 1.807) is 5.01 Å². The molecule has 0 saturated carbocycles. The zero-order chi connectivity index (χ0) is 25.4. The number of carbonyl (C=O) groups is 2.